The lowest BCUT2D eigenvalue weighted by molar-refractivity contribution is -0.137. The van der Waals surface area contributed by atoms with Crippen molar-refractivity contribution >= 4 is 5.69 Å². The normalized spacial score (nSPS) is 13.5. The quantitative estimate of drug-likeness (QED) is 0.678. The second kappa shape index (κ2) is 7.16. The van der Waals surface area contributed by atoms with E-state index in [9.17, 15) is 13.2 Å². The standard InChI is InChI=1S/C17H20F3N/c1-5-6-10-16(12(2)3)13(4)21-15-9-7-8-14(11-15)17(18,19)20/h5-12,21H,1H2,2-4H3/b10-6-,16-13-. The van der Waals surface area contributed by atoms with Gasteiger partial charge >= 0.3 is 6.18 Å². The van der Waals surface area contributed by atoms with E-state index in [4.69, 9.17) is 0 Å². The molecule has 0 spiro atoms. The van der Waals surface area contributed by atoms with Crippen LogP contribution in [0.1, 0.15) is 26.3 Å². The van der Waals surface area contributed by atoms with Gasteiger partial charge in [-0.2, -0.15) is 13.2 Å². The predicted octanol–water partition coefficient (Wildman–Crippen LogP) is 5.79. The van der Waals surface area contributed by atoms with E-state index in [0.717, 1.165) is 23.4 Å². The van der Waals surface area contributed by atoms with Crippen molar-refractivity contribution in [2.75, 3.05) is 5.32 Å². The number of allylic oxidation sites excluding steroid dienone is 5. The Balaban J connectivity index is 3.08. The molecule has 0 fully saturated rings. The van der Waals surface area contributed by atoms with Crippen molar-refractivity contribution in [2.24, 2.45) is 5.92 Å². The van der Waals surface area contributed by atoms with Crippen molar-refractivity contribution < 1.29 is 13.2 Å². The minimum atomic E-state index is -4.33. The van der Waals surface area contributed by atoms with Crippen molar-refractivity contribution in [3.8, 4) is 0 Å². The molecule has 1 aromatic carbocycles. The van der Waals surface area contributed by atoms with Crippen LogP contribution < -0.4 is 5.32 Å². The Bertz CT molecular complexity index is 551. The molecular weight excluding hydrogens is 275 g/mol. The lowest BCUT2D eigenvalue weighted by atomic mass is 10.0. The number of nitrogens with one attached hydrogen (secondary N) is 1. The van der Waals surface area contributed by atoms with Crippen LogP contribution in [0.4, 0.5) is 18.9 Å². The van der Waals surface area contributed by atoms with Crippen molar-refractivity contribution in [2.45, 2.75) is 26.9 Å². The van der Waals surface area contributed by atoms with Gasteiger partial charge in [-0.15, -0.1) is 0 Å². The van der Waals surface area contributed by atoms with Gasteiger partial charge in [-0.05, 0) is 36.6 Å². The Labute approximate surface area is 123 Å². The fourth-order valence-electron chi connectivity index (χ4n) is 1.98. The van der Waals surface area contributed by atoms with Gasteiger partial charge < -0.3 is 5.32 Å². The highest BCUT2D eigenvalue weighted by Gasteiger charge is 2.30. The fraction of sp³-hybridized carbons (Fsp3) is 0.294. The molecule has 0 radical (unpaired) electrons. The molecule has 0 unspecified atom stereocenters. The molecule has 1 N–H and O–H groups in total. The molecule has 0 aliphatic rings. The molecule has 1 nitrogen and oxygen atoms in total. The first-order chi connectivity index (χ1) is 9.75. The van der Waals surface area contributed by atoms with Crippen molar-refractivity contribution in [3.63, 3.8) is 0 Å². The Kier molecular flexibility index (Phi) is 5.82. The lowest BCUT2D eigenvalue weighted by Crippen LogP contribution is -2.07. The zero-order valence-corrected chi connectivity index (χ0v) is 12.5. The topological polar surface area (TPSA) is 12.0 Å². The van der Waals surface area contributed by atoms with Crippen molar-refractivity contribution in [1.82, 2.24) is 0 Å². The first-order valence-corrected chi connectivity index (χ1v) is 6.70. The Morgan fingerprint density at radius 3 is 2.48 bits per heavy atom. The molecule has 1 aromatic rings. The third-order valence-corrected chi connectivity index (χ3v) is 2.99. The molecule has 21 heavy (non-hydrogen) atoms. The lowest BCUT2D eigenvalue weighted by Gasteiger charge is -2.15. The van der Waals surface area contributed by atoms with Crippen LogP contribution >= 0.6 is 0 Å². The maximum absolute atomic E-state index is 12.7. The van der Waals surface area contributed by atoms with Crippen LogP contribution in [0.2, 0.25) is 0 Å². The fourth-order valence-corrected chi connectivity index (χ4v) is 1.98. The number of anilines is 1. The number of rotatable bonds is 5. The first kappa shape index (κ1) is 17.1. The van der Waals surface area contributed by atoms with Crippen LogP contribution in [-0.4, -0.2) is 0 Å². The van der Waals surface area contributed by atoms with Crippen molar-refractivity contribution in [3.05, 3.63) is 65.9 Å². The zero-order chi connectivity index (χ0) is 16.0. The summed E-state index contributed by atoms with van der Waals surface area (Å²) in [4.78, 5) is 0. The number of hydrogen-bond donors (Lipinski definition) is 1. The van der Waals surface area contributed by atoms with Crippen LogP contribution in [0, 0.1) is 5.92 Å². The maximum atomic E-state index is 12.7. The van der Waals surface area contributed by atoms with Crippen LogP contribution in [-0.2, 0) is 6.18 Å². The molecule has 0 aromatic heterocycles. The van der Waals surface area contributed by atoms with Gasteiger partial charge in [-0.3, -0.25) is 0 Å². The van der Waals surface area contributed by atoms with E-state index in [1.54, 1.807) is 12.1 Å². The number of halogens is 3. The summed E-state index contributed by atoms with van der Waals surface area (Å²) in [5.74, 6) is 0.250. The molecule has 4 heteroatoms. The van der Waals surface area contributed by atoms with Gasteiger partial charge in [-0.25, -0.2) is 0 Å². The summed E-state index contributed by atoms with van der Waals surface area (Å²) in [5.41, 5.74) is 1.61. The minimum Gasteiger partial charge on any atom is -0.359 e. The highest BCUT2D eigenvalue weighted by Crippen LogP contribution is 2.31. The molecule has 0 heterocycles. The summed E-state index contributed by atoms with van der Waals surface area (Å²) in [6.07, 6.45) is 1.05. The third kappa shape index (κ3) is 5.14. The summed E-state index contributed by atoms with van der Waals surface area (Å²) in [7, 11) is 0. The molecular formula is C17H20F3N. The smallest absolute Gasteiger partial charge is 0.359 e. The molecule has 0 aliphatic heterocycles. The van der Waals surface area contributed by atoms with Crippen LogP contribution in [0.25, 0.3) is 0 Å². The highest BCUT2D eigenvalue weighted by molar-refractivity contribution is 5.52. The van der Waals surface area contributed by atoms with E-state index < -0.39 is 11.7 Å². The monoisotopic (exact) mass is 295 g/mol. The average Bonchev–Trinajstić information content (AvgIpc) is 2.38. The van der Waals surface area contributed by atoms with Gasteiger partial charge in [0.15, 0.2) is 0 Å². The van der Waals surface area contributed by atoms with Crippen molar-refractivity contribution in [1.29, 1.82) is 0 Å². The van der Waals surface area contributed by atoms with E-state index in [1.807, 2.05) is 32.9 Å². The Morgan fingerprint density at radius 1 is 1.29 bits per heavy atom. The molecule has 0 bridgehead atoms. The predicted molar refractivity (Wildman–Crippen MR) is 81.9 cm³/mol. The minimum absolute atomic E-state index is 0.250. The summed E-state index contributed by atoms with van der Waals surface area (Å²) in [6, 6.07) is 5.19. The SMILES string of the molecule is C=C/C=C\C(=C(/C)Nc1cccc(C(F)(F)F)c1)C(C)C. The van der Waals surface area contributed by atoms with E-state index in [2.05, 4.69) is 11.9 Å². The average molecular weight is 295 g/mol. The van der Waals surface area contributed by atoms with Gasteiger partial charge in [-0.1, -0.05) is 44.7 Å². The number of hydrogen-bond acceptors (Lipinski definition) is 1. The van der Waals surface area contributed by atoms with E-state index in [-0.39, 0.29) is 5.92 Å². The van der Waals surface area contributed by atoms with Gasteiger partial charge in [0.1, 0.15) is 0 Å². The third-order valence-electron chi connectivity index (χ3n) is 2.99. The van der Waals surface area contributed by atoms with Gasteiger partial charge in [0.2, 0.25) is 0 Å². The largest absolute Gasteiger partial charge is 0.416 e. The molecule has 0 saturated heterocycles. The number of alkyl halides is 3. The van der Waals surface area contributed by atoms with Crippen LogP contribution in [0.15, 0.2) is 60.3 Å². The van der Waals surface area contributed by atoms with Crippen LogP contribution in [0.3, 0.4) is 0 Å². The molecule has 0 atom stereocenters. The van der Waals surface area contributed by atoms with E-state index in [1.165, 1.54) is 6.07 Å². The van der Waals surface area contributed by atoms with Gasteiger partial charge in [0.05, 0.1) is 5.56 Å². The summed E-state index contributed by atoms with van der Waals surface area (Å²) in [5, 5.41) is 3.04. The highest BCUT2D eigenvalue weighted by atomic mass is 19.4. The summed E-state index contributed by atoms with van der Waals surface area (Å²) < 4.78 is 38.1. The molecule has 1 rings (SSSR count). The van der Waals surface area contributed by atoms with Crippen LogP contribution in [0.5, 0.6) is 0 Å². The second-order valence-corrected chi connectivity index (χ2v) is 5.03. The maximum Gasteiger partial charge on any atom is 0.416 e. The summed E-state index contributed by atoms with van der Waals surface area (Å²) >= 11 is 0. The molecule has 0 aliphatic carbocycles. The van der Waals surface area contributed by atoms with E-state index >= 15 is 0 Å². The molecule has 114 valence electrons. The Hall–Kier alpha value is -1.97. The van der Waals surface area contributed by atoms with Gasteiger partial charge in [0, 0.05) is 11.4 Å². The summed E-state index contributed by atoms with van der Waals surface area (Å²) in [6.45, 7) is 9.53. The van der Waals surface area contributed by atoms with E-state index in [0.29, 0.717) is 5.69 Å². The first-order valence-electron chi connectivity index (χ1n) is 6.70. The van der Waals surface area contributed by atoms with Gasteiger partial charge in [0.25, 0.3) is 0 Å². The Morgan fingerprint density at radius 2 is 1.95 bits per heavy atom. The zero-order valence-electron chi connectivity index (χ0n) is 12.5. The number of benzene rings is 1. The molecule has 0 saturated carbocycles. The molecule has 0 amide bonds. The second-order valence-electron chi connectivity index (χ2n) is 5.03.